The second-order valence-electron chi connectivity index (χ2n) is 6.97. The van der Waals surface area contributed by atoms with Gasteiger partial charge in [-0.3, -0.25) is 0 Å². The van der Waals surface area contributed by atoms with Gasteiger partial charge in [0.2, 0.25) is 6.29 Å². The molecule has 0 bridgehead atoms. The summed E-state index contributed by atoms with van der Waals surface area (Å²) in [5, 5.41) is 25.0. The van der Waals surface area contributed by atoms with Gasteiger partial charge in [-0.25, -0.2) is 0 Å². The lowest BCUT2D eigenvalue weighted by molar-refractivity contribution is -0.604. The van der Waals surface area contributed by atoms with E-state index in [4.69, 9.17) is 15.9 Å². The minimum atomic E-state index is -1.47. The summed E-state index contributed by atoms with van der Waals surface area (Å²) < 4.78 is 0. The Morgan fingerprint density at radius 1 is 0.680 bits per heavy atom. The van der Waals surface area contributed by atoms with Crippen LogP contribution in [0.4, 0.5) is 0 Å². The van der Waals surface area contributed by atoms with Crippen LogP contribution in [0.25, 0.3) is 0 Å². The largest absolute Gasteiger partial charge is 0.636 e. The number of hydrogen-bond acceptors (Lipinski definition) is 4. The van der Waals surface area contributed by atoms with Gasteiger partial charge < -0.3 is 26.6 Å². The van der Waals surface area contributed by atoms with E-state index >= 15 is 0 Å². The van der Waals surface area contributed by atoms with Gasteiger partial charge in [-0.05, 0) is 13.0 Å². The van der Waals surface area contributed by atoms with Gasteiger partial charge >= 0.3 is 0 Å². The molecule has 0 rings (SSSR count). The van der Waals surface area contributed by atoms with E-state index in [0.717, 1.165) is 6.54 Å². The molecule has 5 nitrogen and oxygen atoms in total. The molecule has 0 saturated heterocycles. The first-order valence-corrected chi connectivity index (χ1v) is 10.7. The van der Waals surface area contributed by atoms with E-state index in [1.54, 1.807) is 0 Å². The fourth-order valence-electron chi connectivity index (χ4n) is 2.78. The van der Waals surface area contributed by atoms with Crippen molar-refractivity contribution in [1.29, 1.82) is 0 Å². The third-order valence-corrected chi connectivity index (χ3v) is 4.36. The zero-order chi connectivity index (χ0) is 19.0. The van der Waals surface area contributed by atoms with E-state index in [9.17, 15) is 5.21 Å². The summed E-state index contributed by atoms with van der Waals surface area (Å²) in [5.41, 5.74) is 5.93. The van der Waals surface area contributed by atoms with Crippen molar-refractivity contribution < 1.29 is 15.7 Å². The first-order valence-electron chi connectivity index (χ1n) is 10.7. The minimum absolute atomic E-state index is 0.194. The van der Waals surface area contributed by atoms with E-state index in [2.05, 4.69) is 6.92 Å². The highest BCUT2D eigenvalue weighted by Crippen LogP contribution is 2.13. The first-order chi connectivity index (χ1) is 12.2. The Morgan fingerprint density at radius 2 is 1.00 bits per heavy atom. The maximum Gasteiger partial charge on any atom is 0.202 e. The van der Waals surface area contributed by atoms with Crippen LogP contribution in [-0.2, 0) is 0 Å². The molecule has 0 saturated carbocycles. The van der Waals surface area contributed by atoms with Crippen LogP contribution in [0.15, 0.2) is 0 Å². The van der Waals surface area contributed by atoms with E-state index in [-0.39, 0.29) is 6.54 Å². The SMILES string of the molecule is CCCCCCCCCCCCCCCCCCN.[O-][NH2+]CC(O)O. The molecule has 0 aliphatic carbocycles. The Bertz CT molecular complexity index is 201. The van der Waals surface area contributed by atoms with Crippen molar-refractivity contribution in [2.24, 2.45) is 5.73 Å². The molecular weight excluding hydrogens is 316 g/mol. The van der Waals surface area contributed by atoms with Crippen molar-refractivity contribution >= 4 is 0 Å². The second kappa shape index (κ2) is 26.0. The number of hydroxylamine groups is 1. The maximum absolute atomic E-state index is 9.30. The van der Waals surface area contributed by atoms with E-state index in [1.807, 2.05) is 0 Å². The topological polar surface area (TPSA) is 106 Å². The van der Waals surface area contributed by atoms with Gasteiger partial charge in [-0.2, -0.15) is 0 Å². The number of nitrogens with two attached hydrogens (primary N) is 2. The first kappa shape index (κ1) is 27.0. The van der Waals surface area contributed by atoms with Gasteiger partial charge in [-0.1, -0.05) is 103 Å². The zero-order valence-electron chi connectivity index (χ0n) is 16.8. The van der Waals surface area contributed by atoms with Crippen molar-refractivity contribution in [3.63, 3.8) is 0 Å². The van der Waals surface area contributed by atoms with E-state index in [1.165, 1.54) is 103 Å². The summed E-state index contributed by atoms with van der Waals surface area (Å²) in [6.45, 7) is 2.97. The molecule has 154 valence electrons. The number of unbranched alkanes of at least 4 members (excludes halogenated alkanes) is 15. The van der Waals surface area contributed by atoms with Gasteiger partial charge in [0, 0.05) is 0 Å². The normalized spacial score (nSPS) is 10.8. The average molecular weight is 363 g/mol. The van der Waals surface area contributed by atoms with Crippen LogP contribution in [0.2, 0.25) is 0 Å². The number of quaternary nitrogens is 1. The summed E-state index contributed by atoms with van der Waals surface area (Å²) in [5.74, 6) is 0. The molecule has 0 aromatic carbocycles. The molecule has 0 aliphatic heterocycles. The highest BCUT2D eigenvalue weighted by Gasteiger charge is 1.94. The Kier molecular flexibility index (Phi) is 28.1. The van der Waals surface area contributed by atoms with Crippen molar-refractivity contribution in [3.8, 4) is 0 Å². The molecule has 0 aromatic heterocycles. The second-order valence-corrected chi connectivity index (χ2v) is 6.97. The van der Waals surface area contributed by atoms with Gasteiger partial charge in [-0.15, -0.1) is 0 Å². The summed E-state index contributed by atoms with van der Waals surface area (Å²) in [6.07, 6.45) is 21.4. The molecule has 0 spiro atoms. The Labute approximate surface area is 156 Å². The average Bonchev–Trinajstić information content (AvgIpc) is 2.59. The quantitative estimate of drug-likeness (QED) is 0.170. The van der Waals surface area contributed by atoms with E-state index in [0.29, 0.717) is 5.48 Å². The van der Waals surface area contributed by atoms with Crippen LogP contribution in [0.5, 0.6) is 0 Å². The third-order valence-electron chi connectivity index (χ3n) is 4.36. The minimum Gasteiger partial charge on any atom is -0.636 e. The number of rotatable bonds is 18. The van der Waals surface area contributed by atoms with Gasteiger partial charge in [0.1, 0.15) is 6.54 Å². The smallest absolute Gasteiger partial charge is 0.202 e. The summed E-state index contributed by atoms with van der Waals surface area (Å²) in [4.78, 5) is 0. The molecule has 0 fully saturated rings. The standard InChI is InChI=1S/C18H39N.C2H7NO3/c1-2-3-4-5-6-7-8-9-10-11-12-13-14-15-16-17-18-19;4-2(5)1-3-6/h2-19H2,1H3;2,4-5H,1,3H2. The van der Waals surface area contributed by atoms with Crippen molar-refractivity contribution in [1.82, 2.24) is 0 Å². The Hall–Kier alpha value is -0.200. The maximum atomic E-state index is 9.30. The summed E-state index contributed by atoms with van der Waals surface area (Å²) in [6, 6.07) is 0. The van der Waals surface area contributed by atoms with Crippen molar-refractivity contribution in [3.05, 3.63) is 5.21 Å². The Morgan fingerprint density at radius 3 is 1.20 bits per heavy atom. The predicted molar refractivity (Wildman–Crippen MR) is 107 cm³/mol. The molecule has 0 atom stereocenters. The lowest BCUT2D eigenvalue weighted by Crippen LogP contribution is -2.79. The van der Waals surface area contributed by atoms with Crippen LogP contribution in [-0.4, -0.2) is 29.6 Å². The van der Waals surface area contributed by atoms with E-state index < -0.39 is 6.29 Å². The molecule has 25 heavy (non-hydrogen) atoms. The van der Waals surface area contributed by atoms with Crippen molar-refractivity contribution in [2.75, 3.05) is 13.1 Å². The van der Waals surface area contributed by atoms with Crippen LogP contribution < -0.4 is 11.2 Å². The molecule has 5 heteroatoms. The fourth-order valence-corrected chi connectivity index (χ4v) is 2.78. The van der Waals surface area contributed by atoms with Gasteiger partial charge in [0.25, 0.3) is 0 Å². The lowest BCUT2D eigenvalue weighted by atomic mass is 10.0. The molecule has 0 aliphatic rings. The highest BCUT2D eigenvalue weighted by atomic mass is 16.5. The molecule has 0 radical (unpaired) electrons. The van der Waals surface area contributed by atoms with Crippen molar-refractivity contribution in [2.45, 2.75) is 116 Å². The highest BCUT2D eigenvalue weighted by molar-refractivity contribution is 4.50. The third kappa shape index (κ3) is 32.0. The van der Waals surface area contributed by atoms with Crippen LogP contribution in [0, 0.1) is 5.21 Å². The van der Waals surface area contributed by atoms with Gasteiger partial charge in [0.15, 0.2) is 0 Å². The molecular formula is C20H46N2O3. The molecule has 0 heterocycles. The lowest BCUT2D eigenvalue weighted by Gasteiger charge is -2.03. The Balaban J connectivity index is 0. The number of aliphatic hydroxyl groups excluding tert-OH is 1. The van der Waals surface area contributed by atoms with Crippen LogP contribution >= 0.6 is 0 Å². The zero-order valence-corrected chi connectivity index (χ0v) is 16.8. The molecule has 0 unspecified atom stereocenters. The van der Waals surface area contributed by atoms with Crippen LogP contribution in [0.3, 0.4) is 0 Å². The number of aliphatic hydroxyl groups is 2. The predicted octanol–water partition coefficient (Wildman–Crippen LogP) is 3.56. The van der Waals surface area contributed by atoms with Gasteiger partial charge in [0.05, 0.1) is 0 Å². The monoisotopic (exact) mass is 362 g/mol. The fraction of sp³-hybridized carbons (Fsp3) is 1.00. The molecule has 0 aromatic rings. The summed E-state index contributed by atoms with van der Waals surface area (Å²) >= 11 is 0. The molecule has 0 amide bonds. The summed E-state index contributed by atoms with van der Waals surface area (Å²) in [7, 11) is 0. The molecule has 6 N–H and O–H groups in total. The van der Waals surface area contributed by atoms with Crippen LogP contribution in [0.1, 0.15) is 110 Å². The number of hydrogen-bond donors (Lipinski definition) is 4.